The molecule has 0 aliphatic heterocycles. The lowest BCUT2D eigenvalue weighted by molar-refractivity contribution is -0.116. The molecule has 0 radical (unpaired) electrons. The number of thiophene rings is 1. The number of fused-ring (bicyclic) bond motifs is 1. The first kappa shape index (κ1) is 25.2. The minimum absolute atomic E-state index is 0.0863. The normalized spacial score (nSPS) is 11.3. The van der Waals surface area contributed by atoms with E-state index in [-0.39, 0.29) is 18.0 Å². The van der Waals surface area contributed by atoms with Crippen LogP contribution >= 0.6 is 23.1 Å². The van der Waals surface area contributed by atoms with Crippen LogP contribution in [0.15, 0.2) is 69.2 Å². The fraction of sp³-hybridized carbons (Fsp3) is 0.296. The molecule has 1 N–H and O–H groups in total. The first-order valence-electron chi connectivity index (χ1n) is 11.7. The minimum atomic E-state index is -0.250. The largest absolute Gasteiger partial charge is 0.323 e. The van der Waals surface area contributed by atoms with Gasteiger partial charge in [-0.25, -0.2) is 4.98 Å². The van der Waals surface area contributed by atoms with E-state index in [1.165, 1.54) is 11.3 Å². The summed E-state index contributed by atoms with van der Waals surface area (Å²) in [6.07, 6.45) is 0. The van der Waals surface area contributed by atoms with Crippen molar-refractivity contribution < 1.29 is 4.79 Å². The van der Waals surface area contributed by atoms with Gasteiger partial charge in [-0.05, 0) is 56.8 Å². The average molecular weight is 507 g/mol. The summed E-state index contributed by atoms with van der Waals surface area (Å²) < 4.78 is 1.54. The Balaban J connectivity index is 1.65. The number of hydrogen-bond acceptors (Lipinski definition) is 6. The highest BCUT2D eigenvalue weighted by atomic mass is 32.2. The van der Waals surface area contributed by atoms with Crippen LogP contribution in [0.3, 0.4) is 0 Å². The molecule has 4 rings (SSSR count). The van der Waals surface area contributed by atoms with Crippen molar-refractivity contribution in [3.05, 3.63) is 81.2 Å². The van der Waals surface area contributed by atoms with Gasteiger partial charge in [0.05, 0.1) is 17.6 Å². The lowest BCUT2D eigenvalue weighted by atomic mass is 10.2. The number of rotatable bonds is 9. The first-order chi connectivity index (χ1) is 16.9. The lowest BCUT2D eigenvalue weighted by Gasteiger charge is -2.20. The van der Waals surface area contributed by atoms with Crippen molar-refractivity contribution in [3.8, 4) is 0 Å². The van der Waals surface area contributed by atoms with Gasteiger partial charge >= 0.3 is 0 Å². The number of anilines is 1. The van der Waals surface area contributed by atoms with Gasteiger partial charge in [-0.2, -0.15) is 0 Å². The zero-order chi connectivity index (χ0) is 24.9. The van der Waals surface area contributed by atoms with Gasteiger partial charge in [-0.1, -0.05) is 55.9 Å². The summed E-state index contributed by atoms with van der Waals surface area (Å²) in [4.78, 5) is 37.7. The number of aryl methyl sites for hydroxylation is 2. The number of aromatic nitrogens is 2. The Bertz CT molecular complexity index is 1390. The zero-order valence-electron chi connectivity index (χ0n) is 20.5. The highest BCUT2D eigenvalue weighted by Gasteiger charge is 2.20. The van der Waals surface area contributed by atoms with Crippen LogP contribution in [0.25, 0.3) is 10.2 Å². The van der Waals surface area contributed by atoms with Crippen molar-refractivity contribution in [2.45, 2.75) is 50.6 Å². The molecule has 0 saturated carbocycles. The molecule has 35 heavy (non-hydrogen) atoms. The number of hydrogen-bond donors (Lipinski definition) is 1. The van der Waals surface area contributed by atoms with E-state index in [4.69, 9.17) is 4.98 Å². The topological polar surface area (TPSA) is 67.2 Å². The number of para-hydroxylation sites is 1. The summed E-state index contributed by atoms with van der Waals surface area (Å²) in [5, 5.41) is 3.64. The lowest BCUT2D eigenvalue weighted by Crippen LogP contribution is -2.34. The number of nitrogens with one attached hydrogen (secondary N) is 1. The van der Waals surface area contributed by atoms with Gasteiger partial charge in [0.25, 0.3) is 5.56 Å². The molecule has 0 atom stereocenters. The standard InChI is InChI=1S/C27H30N4O2S2/c1-5-30(6-2)16-23-29-26-25(18(3)19(4)34-26)27(33)31(23)17-24(32)28-21-14-10-11-15-22(21)35-20-12-8-7-9-13-20/h7-15H,5-6,16-17H2,1-4H3,(H,28,32). The van der Waals surface area contributed by atoms with E-state index in [1.807, 2.05) is 68.4 Å². The first-order valence-corrected chi connectivity index (χ1v) is 13.4. The molecule has 0 aliphatic rings. The van der Waals surface area contributed by atoms with E-state index in [0.29, 0.717) is 17.8 Å². The van der Waals surface area contributed by atoms with Crippen molar-refractivity contribution in [3.63, 3.8) is 0 Å². The third-order valence-electron chi connectivity index (χ3n) is 6.06. The Morgan fingerprint density at radius 1 is 1.06 bits per heavy atom. The van der Waals surface area contributed by atoms with Gasteiger partial charge in [0.2, 0.25) is 5.91 Å². The van der Waals surface area contributed by atoms with Gasteiger partial charge in [0, 0.05) is 14.7 Å². The van der Waals surface area contributed by atoms with Crippen LogP contribution in [0.4, 0.5) is 5.69 Å². The molecular weight excluding hydrogens is 476 g/mol. The zero-order valence-corrected chi connectivity index (χ0v) is 22.1. The SMILES string of the molecule is CCN(CC)Cc1nc2sc(C)c(C)c2c(=O)n1CC(=O)Nc1ccccc1Sc1ccccc1. The molecule has 1 amide bonds. The van der Waals surface area contributed by atoms with E-state index in [9.17, 15) is 9.59 Å². The van der Waals surface area contributed by atoms with Crippen LogP contribution in [0.2, 0.25) is 0 Å². The fourth-order valence-electron chi connectivity index (χ4n) is 3.91. The van der Waals surface area contributed by atoms with Crippen LogP contribution in [0.5, 0.6) is 0 Å². The Morgan fingerprint density at radius 2 is 1.74 bits per heavy atom. The molecule has 6 nitrogen and oxygen atoms in total. The van der Waals surface area contributed by atoms with Crippen molar-refractivity contribution in [1.29, 1.82) is 0 Å². The van der Waals surface area contributed by atoms with Gasteiger partial charge in [-0.3, -0.25) is 19.1 Å². The smallest absolute Gasteiger partial charge is 0.263 e. The maximum absolute atomic E-state index is 13.6. The summed E-state index contributed by atoms with van der Waals surface area (Å²) in [6, 6.07) is 17.7. The summed E-state index contributed by atoms with van der Waals surface area (Å²) >= 11 is 3.13. The van der Waals surface area contributed by atoms with E-state index in [0.717, 1.165) is 43.8 Å². The van der Waals surface area contributed by atoms with Crippen LogP contribution < -0.4 is 10.9 Å². The molecule has 0 spiro atoms. The summed E-state index contributed by atoms with van der Waals surface area (Å²) in [5.74, 6) is 0.370. The molecule has 0 unspecified atom stereocenters. The molecule has 0 bridgehead atoms. The Morgan fingerprint density at radius 3 is 2.46 bits per heavy atom. The van der Waals surface area contributed by atoms with E-state index < -0.39 is 0 Å². The highest BCUT2D eigenvalue weighted by Crippen LogP contribution is 2.33. The average Bonchev–Trinajstić information content (AvgIpc) is 3.14. The van der Waals surface area contributed by atoms with Crippen LogP contribution in [0.1, 0.15) is 30.1 Å². The molecule has 182 valence electrons. The molecule has 2 aromatic carbocycles. The number of nitrogens with zero attached hydrogens (tertiary/aromatic N) is 3. The summed E-state index contributed by atoms with van der Waals surface area (Å²) in [7, 11) is 0. The third-order valence-corrected chi connectivity index (χ3v) is 8.25. The second kappa shape index (κ2) is 11.2. The quantitative estimate of drug-likeness (QED) is 0.315. The maximum Gasteiger partial charge on any atom is 0.263 e. The van der Waals surface area contributed by atoms with E-state index in [1.54, 1.807) is 16.3 Å². The molecule has 0 fully saturated rings. The third kappa shape index (κ3) is 5.66. The second-order valence-corrected chi connectivity index (χ2v) is 10.6. The van der Waals surface area contributed by atoms with Crippen molar-refractivity contribution >= 4 is 44.9 Å². The van der Waals surface area contributed by atoms with Crippen molar-refractivity contribution in [1.82, 2.24) is 14.5 Å². The Kier molecular flexibility index (Phi) is 8.05. The summed E-state index contributed by atoms with van der Waals surface area (Å²) in [5.41, 5.74) is 1.51. The molecule has 0 saturated heterocycles. The molecule has 8 heteroatoms. The Labute approximate surface area is 214 Å². The van der Waals surface area contributed by atoms with Crippen molar-refractivity contribution in [2.24, 2.45) is 0 Å². The van der Waals surface area contributed by atoms with Crippen LogP contribution in [-0.4, -0.2) is 33.4 Å². The van der Waals surface area contributed by atoms with Gasteiger partial charge < -0.3 is 5.32 Å². The highest BCUT2D eigenvalue weighted by molar-refractivity contribution is 7.99. The predicted molar refractivity (Wildman–Crippen MR) is 146 cm³/mol. The molecule has 0 aliphatic carbocycles. The number of benzene rings is 2. The molecule has 4 aromatic rings. The maximum atomic E-state index is 13.6. The van der Waals surface area contributed by atoms with Crippen LogP contribution in [0, 0.1) is 13.8 Å². The second-order valence-electron chi connectivity index (χ2n) is 8.30. The van der Waals surface area contributed by atoms with Gasteiger partial charge in [0.1, 0.15) is 17.2 Å². The molecule has 2 heterocycles. The van der Waals surface area contributed by atoms with Crippen molar-refractivity contribution in [2.75, 3.05) is 18.4 Å². The predicted octanol–water partition coefficient (Wildman–Crippen LogP) is 5.71. The minimum Gasteiger partial charge on any atom is -0.323 e. The molecular formula is C27H30N4O2S2. The number of carbonyl (C=O) groups is 1. The van der Waals surface area contributed by atoms with Crippen LogP contribution in [-0.2, 0) is 17.9 Å². The number of amides is 1. The number of carbonyl (C=O) groups excluding carboxylic acids is 1. The van der Waals surface area contributed by atoms with Gasteiger partial charge in [-0.15, -0.1) is 11.3 Å². The van der Waals surface area contributed by atoms with Gasteiger partial charge in [0.15, 0.2) is 0 Å². The molecule has 2 aromatic heterocycles. The monoisotopic (exact) mass is 506 g/mol. The van der Waals surface area contributed by atoms with E-state index >= 15 is 0 Å². The fourth-order valence-corrected chi connectivity index (χ4v) is 5.87. The Hall–Kier alpha value is -2.94. The summed E-state index contributed by atoms with van der Waals surface area (Å²) in [6.45, 7) is 10.2. The van der Waals surface area contributed by atoms with E-state index in [2.05, 4.69) is 24.1 Å².